The number of piperazine rings is 1. The van der Waals surface area contributed by atoms with Gasteiger partial charge in [0.2, 0.25) is 5.91 Å². The van der Waals surface area contributed by atoms with E-state index in [1.54, 1.807) is 41.4 Å². The summed E-state index contributed by atoms with van der Waals surface area (Å²) in [6.45, 7) is -0.748. The molecule has 1 saturated heterocycles. The van der Waals surface area contributed by atoms with E-state index in [2.05, 4.69) is 15.8 Å². The molecule has 1 aliphatic heterocycles. The largest absolute Gasteiger partial charge is 0.435 e. The molecule has 0 radical (unpaired) electrons. The van der Waals surface area contributed by atoms with Crippen LogP contribution in [0.15, 0.2) is 48.7 Å². The molecule has 1 amide bonds. The summed E-state index contributed by atoms with van der Waals surface area (Å²) in [7, 11) is 0. The van der Waals surface area contributed by atoms with Crippen molar-refractivity contribution in [3.05, 3.63) is 59.8 Å². The predicted octanol–water partition coefficient (Wildman–Crippen LogP) is 2.92. The lowest BCUT2D eigenvalue weighted by Gasteiger charge is -2.35. The van der Waals surface area contributed by atoms with Gasteiger partial charge in [0.25, 0.3) is 0 Å². The Morgan fingerprint density at radius 3 is 2.71 bits per heavy atom. The van der Waals surface area contributed by atoms with Gasteiger partial charge >= 0.3 is 6.61 Å². The summed E-state index contributed by atoms with van der Waals surface area (Å²) in [6.07, 6.45) is 4.63. The lowest BCUT2D eigenvalue weighted by Crippen LogP contribution is -2.48. The molecule has 3 rings (SSSR count). The number of carbonyl (C=O) groups is 1. The van der Waals surface area contributed by atoms with Crippen LogP contribution >= 0.6 is 0 Å². The number of ether oxygens (including phenoxy) is 1. The second kappa shape index (κ2) is 8.95. The molecule has 0 saturated carbocycles. The van der Waals surface area contributed by atoms with Crippen LogP contribution in [0, 0.1) is 11.3 Å². The molecule has 0 unspecified atom stereocenters. The van der Waals surface area contributed by atoms with Gasteiger partial charge in [-0.1, -0.05) is 12.1 Å². The van der Waals surface area contributed by atoms with Crippen molar-refractivity contribution >= 4 is 17.8 Å². The van der Waals surface area contributed by atoms with Crippen LogP contribution in [0.4, 0.5) is 14.6 Å². The van der Waals surface area contributed by atoms with Crippen LogP contribution in [0.1, 0.15) is 11.1 Å². The number of hydrogen-bond donors (Lipinski definition) is 0. The number of anilines is 1. The number of nitriles is 1. The van der Waals surface area contributed by atoms with E-state index in [9.17, 15) is 18.8 Å². The number of aromatic nitrogens is 1. The minimum Gasteiger partial charge on any atom is -0.435 e. The van der Waals surface area contributed by atoms with Gasteiger partial charge < -0.3 is 14.5 Å². The first-order chi connectivity index (χ1) is 13.6. The summed E-state index contributed by atoms with van der Waals surface area (Å²) in [6, 6.07) is 11.7. The zero-order chi connectivity index (χ0) is 19.9. The second-order valence-corrected chi connectivity index (χ2v) is 6.08. The minimum atomic E-state index is -2.89. The molecule has 6 nitrogen and oxygen atoms in total. The monoisotopic (exact) mass is 384 g/mol. The number of carbonyl (C=O) groups excluding carboxylic acids is 1. The molecule has 0 N–H and O–H groups in total. The van der Waals surface area contributed by atoms with E-state index in [1.165, 1.54) is 18.2 Å². The van der Waals surface area contributed by atoms with Crippen molar-refractivity contribution in [2.75, 3.05) is 31.1 Å². The van der Waals surface area contributed by atoms with Crippen molar-refractivity contribution in [3.63, 3.8) is 0 Å². The number of hydrogen-bond acceptors (Lipinski definition) is 5. The Bertz CT molecular complexity index is 903. The maximum Gasteiger partial charge on any atom is 0.387 e. The van der Waals surface area contributed by atoms with Crippen LogP contribution in [-0.2, 0) is 4.79 Å². The van der Waals surface area contributed by atoms with E-state index in [0.29, 0.717) is 43.1 Å². The third-order valence-electron chi connectivity index (χ3n) is 4.30. The Morgan fingerprint density at radius 1 is 1.21 bits per heavy atom. The zero-order valence-electron chi connectivity index (χ0n) is 15.0. The van der Waals surface area contributed by atoms with Crippen molar-refractivity contribution in [2.45, 2.75) is 6.61 Å². The van der Waals surface area contributed by atoms with E-state index in [4.69, 9.17) is 0 Å². The van der Waals surface area contributed by atoms with Crippen LogP contribution in [-0.4, -0.2) is 48.6 Å². The molecule has 1 aromatic heterocycles. The first kappa shape index (κ1) is 19.3. The molecule has 1 aromatic carbocycles. The molecule has 0 spiro atoms. The third-order valence-corrected chi connectivity index (χ3v) is 4.30. The number of nitrogens with zero attached hydrogens (tertiary/aromatic N) is 4. The lowest BCUT2D eigenvalue weighted by atomic mass is 10.2. The van der Waals surface area contributed by atoms with Gasteiger partial charge in [-0.15, -0.1) is 0 Å². The van der Waals surface area contributed by atoms with E-state index < -0.39 is 6.61 Å². The smallest absolute Gasteiger partial charge is 0.387 e. The standard InChI is InChI=1S/C20H18F2N4O2/c21-20(22)28-17-5-1-3-15(13-17)6-7-18(27)25-9-11-26(12-10-25)19-16(14-23)4-2-8-24-19/h1-8,13,20H,9-12H2/b7-6+. The Hall–Kier alpha value is -3.47. The van der Waals surface area contributed by atoms with Gasteiger partial charge in [-0.3, -0.25) is 4.79 Å². The van der Waals surface area contributed by atoms with E-state index in [1.807, 2.05) is 4.90 Å². The van der Waals surface area contributed by atoms with Crippen LogP contribution in [0.2, 0.25) is 0 Å². The third kappa shape index (κ3) is 4.82. The first-order valence-electron chi connectivity index (χ1n) is 8.69. The number of pyridine rings is 1. The maximum absolute atomic E-state index is 12.4. The fraction of sp³-hybridized carbons (Fsp3) is 0.250. The summed E-state index contributed by atoms with van der Waals surface area (Å²) in [5, 5.41) is 9.19. The fourth-order valence-corrected chi connectivity index (χ4v) is 2.94. The predicted molar refractivity (Wildman–Crippen MR) is 99.9 cm³/mol. The van der Waals surface area contributed by atoms with Gasteiger partial charge in [0.1, 0.15) is 17.6 Å². The second-order valence-electron chi connectivity index (χ2n) is 6.08. The molecule has 8 heteroatoms. The SMILES string of the molecule is N#Cc1cccnc1N1CCN(C(=O)/C=C/c2cccc(OC(F)F)c2)CC1. The summed E-state index contributed by atoms with van der Waals surface area (Å²) in [5.74, 6) is 0.506. The number of benzene rings is 1. The average Bonchev–Trinajstić information content (AvgIpc) is 2.72. The normalized spacial score (nSPS) is 14.4. The van der Waals surface area contributed by atoms with Gasteiger partial charge in [0.05, 0.1) is 5.56 Å². The van der Waals surface area contributed by atoms with Gasteiger partial charge in [-0.25, -0.2) is 4.98 Å². The molecule has 0 bridgehead atoms. The highest BCUT2D eigenvalue weighted by molar-refractivity contribution is 5.92. The number of amides is 1. The van der Waals surface area contributed by atoms with Gasteiger partial charge in [0, 0.05) is 38.5 Å². The molecule has 2 heterocycles. The highest BCUT2D eigenvalue weighted by Gasteiger charge is 2.22. The molecular weight excluding hydrogens is 366 g/mol. The van der Waals surface area contributed by atoms with Crippen molar-refractivity contribution in [3.8, 4) is 11.8 Å². The fourth-order valence-electron chi connectivity index (χ4n) is 2.94. The van der Waals surface area contributed by atoms with Crippen molar-refractivity contribution < 1.29 is 18.3 Å². The molecule has 0 aliphatic carbocycles. The van der Waals surface area contributed by atoms with Crippen LogP contribution in [0.25, 0.3) is 6.08 Å². The Labute approximate surface area is 161 Å². The van der Waals surface area contributed by atoms with Crippen LogP contribution < -0.4 is 9.64 Å². The zero-order valence-corrected chi connectivity index (χ0v) is 15.0. The Balaban J connectivity index is 1.58. The van der Waals surface area contributed by atoms with Crippen molar-refractivity contribution in [1.82, 2.24) is 9.88 Å². The van der Waals surface area contributed by atoms with Crippen LogP contribution in [0.5, 0.6) is 5.75 Å². The molecule has 0 atom stereocenters. The molecule has 2 aromatic rings. The average molecular weight is 384 g/mol. The summed E-state index contributed by atoms with van der Waals surface area (Å²) in [5.41, 5.74) is 1.10. The number of alkyl halides is 2. The van der Waals surface area contributed by atoms with E-state index >= 15 is 0 Å². The highest BCUT2D eigenvalue weighted by atomic mass is 19.3. The topological polar surface area (TPSA) is 69.5 Å². The van der Waals surface area contributed by atoms with Gasteiger partial charge in [0.15, 0.2) is 0 Å². The molecular formula is C20H18F2N4O2. The quantitative estimate of drug-likeness (QED) is 0.742. The molecule has 144 valence electrons. The summed E-state index contributed by atoms with van der Waals surface area (Å²) < 4.78 is 28.9. The van der Waals surface area contributed by atoms with Gasteiger partial charge in [-0.05, 0) is 35.9 Å². The molecule has 1 aliphatic rings. The first-order valence-corrected chi connectivity index (χ1v) is 8.69. The van der Waals surface area contributed by atoms with Crippen molar-refractivity contribution in [1.29, 1.82) is 5.26 Å². The van der Waals surface area contributed by atoms with E-state index in [0.717, 1.165) is 0 Å². The van der Waals surface area contributed by atoms with E-state index in [-0.39, 0.29) is 11.7 Å². The van der Waals surface area contributed by atoms with Crippen LogP contribution in [0.3, 0.4) is 0 Å². The number of halogens is 2. The summed E-state index contributed by atoms with van der Waals surface area (Å²) >= 11 is 0. The highest BCUT2D eigenvalue weighted by Crippen LogP contribution is 2.19. The molecule has 1 fully saturated rings. The molecule has 28 heavy (non-hydrogen) atoms. The van der Waals surface area contributed by atoms with Crippen molar-refractivity contribution in [2.24, 2.45) is 0 Å². The maximum atomic E-state index is 12.4. The number of rotatable bonds is 5. The minimum absolute atomic E-state index is 0.0434. The van der Waals surface area contributed by atoms with Gasteiger partial charge in [-0.2, -0.15) is 14.0 Å². The Kier molecular flexibility index (Phi) is 6.17. The Morgan fingerprint density at radius 2 is 2.00 bits per heavy atom. The summed E-state index contributed by atoms with van der Waals surface area (Å²) in [4.78, 5) is 20.3. The lowest BCUT2D eigenvalue weighted by molar-refractivity contribution is -0.126.